The van der Waals surface area contributed by atoms with E-state index in [2.05, 4.69) is 82.6 Å². The van der Waals surface area contributed by atoms with Gasteiger partial charge < -0.3 is 81.9 Å². The number of hydrogen-bond acceptors (Lipinski definition) is 12. The summed E-state index contributed by atoms with van der Waals surface area (Å²) in [6.07, 6.45) is 4.58. The molecule has 1 aliphatic heterocycles. The number of aromatic amines is 1. The summed E-state index contributed by atoms with van der Waals surface area (Å²) >= 11 is 0. The number of nitrogens with one attached hydrogen (secondary N) is 9. The Balaban J connectivity index is 0.000000969. The van der Waals surface area contributed by atoms with Crippen LogP contribution in [0.5, 0.6) is 0 Å². The summed E-state index contributed by atoms with van der Waals surface area (Å²) in [5, 5.41) is 21.2. The highest BCUT2D eigenvalue weighted by molar-refractivity contribution is 5.97. The van der Waals surface area contributed by atoms with E-state index >= 15 is 0 Å². The Morgan fingerprint density at radius 3 is 1.91 bits per heavy atom. The van der Waals surface area contributed by atoms with Gasteiger partial charge in [-0.2, -0.15) is 0 Å². The number of aromatic nitrogens is 1. The van der Waals surface area contributed by atoms with Crippen LogP contribution in [0.1, 0.15) is 90.2 Å². The van der Waals surface area contributed by atoms with Crippen LogP contribution < -0.4 is 76.9 Å². The van der Waals surface area contributed by atoms with Gasteiger partial charge in [-0.15, -0.1) is 0 Å². The second-order valence-electron chi connectivity index (χ2n) is 17.4. The molecule has 1 saturated heterocycles. The number of primary amides is 1. The molecule has 76 heavy (non-hydrogen) atoms. The number of para-hydroxylation sites is 1. The molecule has 420 valence electrons. The maximum Gasteiger partial charge on any atom is 0.243 e. The Hall–Kier alpha value is -8.29. The zero-order valence-corrected chi connectivity index (χ0v) is 44.3. The van der Waals surface area contributed by atoms with Crippen LogP contribution in [0.2, 0.25) is 0 Å². The fourth-order valence-corrected chi connectivity index (χ4v) is 6.74. The van der Waals surface area contributed by atoms with E-state index in [0.717, 1.165) is 25.9 Å². The molecule has 26 nitrogen and oxygen atoms in total. The smallest absolute Gasteiger partial charge is 0.243 e. The standard InChI is InChI=1S/C33H50N10O9.C9H9N.2C4H11N3/c1-19-30(49)41-22(29(35)48)11-6-7-14-36-26(45)16-25(40-28(47)17-37-20(2)44)33(52)42-23(12-8-13-34)32(51)43-24(15-21-9-4-3-5-10-21)31(50)38-18-27(46)39-19;1-7-6-10-9-5-3-2-4-8(7)9;2*1-2-3-7-4(5)6/h3-5,9-10,19,22-25H,6-8,11-18,34H2,1-2H3,(H2,35,48)(H,36,45)(H,37,44)(H,38,50)(H,39,46)(H,40,47)(H,41,49)(H,42,52)(H,43,51);2-6,10H,1H3;2*2-3H2,1H3,(H4,5,6,7)/t19-,22?,23-,24?,25?;;;/m0.../s1. The molecule has 21 N–H and O–H groups in total. The lowest BCUT2D eigenvalue weighted by molar-refractivity contribution is -0.135. The van der Waals surface area contributed by atoms with Crippen molar-refractivity contribution in [3.63, 3.8) is 0 Å². The number of H-pyrrole nitrogens is 1. The average molecular weight is 1060 g/mol. The topological polar surface area (TPSA) is 446 Å². The Morgan fingerprint density at radius 1 is 0.724 bits per heavy atom. The van der Waals surface area contributed by atoms with Crippen molar-refractivity contribution < 1.29 is 43.2 Å². The molecule has 2 heterocycles. The van der Waals surface area contributed by atoms with Gasteiger partial charge in [-0.05, 0) is 82.5 Å². The Kier molecular flexibility index (Phi) is 32.4. The summed E-state index contributed by atoms with van der Waals surface area (Å²) in [6, 6.07) is 10.8. The maximum absolute atomic E-state index is 13.7. The quantitative estimate of drug-likeness (QED) is 0.0630. The summed E-state index contributed by atoms with van der Waals surface area (Å²) in [7, 11) is 0. The number of amides is 9. The van der Waals surface area contributed by atoms with Crippen molar-refractivity contribution in [1.29, 1.82) is 0 Å². The third kappa shape index (κ3) is 28.8. The third-order valence-corrected chi connectivity index (χ3v) is 10.7. The molecule has 5 atom stereocenters. The van der Waals surface area contributed by atoms with E-state index in [1.54, 1.807) is 30.3 Å². The van der Waals surface area contributed by atoms with Crippen molar-refractivity contribution >= 4 is 76.0 Å². The van der Waals surface area contributed by atoms with Gasteiger partial charge in [0.1, 0.15) is 30.2 Å². The van der Waals surface area contributed by atoms with E-state index in [4.69, 9.17) is 34.4 Å². The summed E-state index contributed by atoms with van der Waals surface area (Å²) < 4.78 is 0. The SMILES string of the molecule is CC(=O)NCC(=O)NC1CC(=O)NCCCCC(C(N)=O)NC(=O)[C@H](C)NC(=O)CNC(=O)C(Cc2ccccc2)NC(=O)[C@H](CCCN)NC1=O.CCCN=C(N)N.CCCN=C(N)N.Cc1c[nH]c2ccccc12. The minimum Gasteiger partial charge on any atom is -0.370 e. The molecule has 9 amide bonds. The zero-order chi connectivity index (χ0) is 57.0. The van der Waals surface area contributed by atoms with Gasteiger partial charge in [0.25, 0.3) is 0 Å². The second kappa shape index (κ2) is 37.4. The van der Waals surface area contributed by atoms with Crippen molar-refractivity contribution in [2.24, 2.45) is 44.4 Å². The van der Waals surface area contributed by atoms with Crippen LogP contribution >= 0.6 is 0 Å². The Bertz CT molecular complexity index is 2350. The van der Waals surface area contributed by atoms with Gasteiger partial charge >= 0.3 is 0 Å². The zero-order valence-electron chi connectivity index (χ0n) is 44.3. The number of hydrogen-bond donors (Lipinski definition) is 15. The van der Waals surface area contributed by atoms with Crippen LogP contribution in [0, 0.1) is 6.92 Å². The van der Waals surface area contributed by atoms with Crippen molar-refractivity contribution in [3.8, 4) is 0 Å². The number of nitrogens with two attached hydrogens (primary N) is 6. The molecule has 0 saturated carbocycles. The predicted octanol–water partition coefficient (Wildman–Crippen LogP) is -2.34. The largest absolute Gasteiger partial charge is 0.370 e. The highest BCUT2D eigenvalue weighted by atomic mass is 16.2. The minimum atomic E-state index is -1.48. The molecule has 0 radical (unpaired) electrons. The number of rotatable bonds is 13. The van der Waals surface area contributed by atoms with Gasteiger partial charge in [-0.1, -0.05) is 62.4 Å². The lowest BCUT2D eigenvalue weighted by Gasteiger charge is -2.25. The van der Waals surface area contributed by atoms with Crippen LogP contribution in [0.4, 0.5) is 0 Å². The summed E-state index contributed by atoms with van der Waals surface area (Å²) in [4.78, 5) is 126. The van der Waals surface area contributed by atoms with Gasteiger partial charge in [0, 0.05) is 50.1 Å². The molecule has 0 bridgehead atoms. The molecule has 2 aromatic carbocycles. The van der Waals surface area contributed by atoms with Gasteiger partial charge in [0.15, 0.2) is 11.9 Å². The lowest BCUT2D eigenvalue weighted by Crippen LogP contribution is -2.58. The van der Waals surface area contributed by atoms with Crippen LogP contribution in [-0.4, -0.2) is 140 Å². The van der Waals surface area contributed by atoms with E-state index < -0.39 is 103 Å². The second-order valence-corrected chi connectivity index (χ2v) is 17.4. The first-order chi connectivity index (χ1) is 36.1. The van der Waals surface area contributed by atoms with E-state index in [9.17, 15) is 43.2 Å². The molecule has 4 rings (SSSR count). The summed E-state index contributed by atoms with van der Waals surface area (Å²) in [5.41, 5.74) is 34.4. The molecule has 3 unspecified atom stereocenters. The molecular formula is C50H81N17O9. The van der Waals surface area contributed by atoms with Crippen LogP contribution in [-0.2, 0) is 49.6 Å². The number of fused-ring (bicyclic) bond motifs is 1. The molecule has 0 aliphatic carbocycles. The normalized spacial score (nSPS) is 18.8. The van der Waals surface area contributed by atoms with Crippen molar-refractivity contribution in [3.05, 3.63) is 71.9 Å². The first-order valence-corrected chi connectivity index (χ1v) is 25.1. The molecular weight excluding hydrogens is 983 g/mol. The van der Waals surface area contributed by atoms with Gasteiger partial charge in [0.2, 0.25) is 53.2 Å². The molecule has 3 aromatic rings. The first-order valence-electron chi connectivity index (χ1n) is 25.1. The van der Waals surface area contributed by atoms with Gasteiger partial charge in [0.05, 0.1) is 19.5 Å². The average Bonchev–Trinajstić information content (AvgIpc) is 3.76. The number of carbonyl (C=O) groups is 9. The van der Waals surface area contributed by atoms with E-state index in [-0.39, 0.29) is 50.7 Å². The minimum absolute atomic E-state index is 0.00704. The van der Waals surface area contributed by atoms with E-state index in [0.29, 0.717) is 18.4 Å². The first kappa shape index (κ1) is 65.7. The summed E-state index contributed by atoms with van der Waals surface area (Å²) in [5.74, 6) is -6.21. The van der Waals surface area contributed by atoms with E-state index in [1.165, 1.54) is 30.3 Å². The highest BCUT2D eigenvalue weighted by Gasteiger charge is 2.31. The number of carbonyl (C=O) groups excluding carboxylic acids is 9. The molecule has 26 heteroatoms. The third-order valence-electron chi connectivity index (χ3n) is 10.7. The van der Waals surface area contributed by atoms with Crippen LogP contribution in [0.25, 0.3) is 10.9 Å². The van der Waals surface area contributed by atoms with Gasteiger partial charge in [-0.3, -0.25) is 53.1 Å². The fraction of sp³-hybridized carbons (Fsp3) is 0.500. The molecule has 0 spiro atoms. The Morgan fingerprint density at radius 2 is 1.34 bits per heavy atom. The van der Waals surface area contributed by atoms with Crippen molar-refractivity contribution in [1.82, 2.24) is 47.5 Å². The number of nitrogens with zero attached hydrogens (tertiary/aromatic N) is 2. The highest BCUT2D eigenvalue weighted by Crippen LogP contribution is 2.15. The maximum atomic E-state index is 13.7. The molecule has 1 fully saturated rings. The fourth-order valence-electron chi connectivity index (χ4n) is 6.74. The van der Waals surface area contributed by atoms with Crippen LogP contribution in [0.3, 0.4) is 0 Å². The monoisotopic (exact) mass is 1060 g/mol. The van der Waals surface area contributed by atoms with Crippen LogP contribution in [0.15, 0.2) is 70.8 Å². The number of benzene rings is 2. The van der Waals surface area contributed by atoms with E-state index in [1.807, 2.05) is 26.1 Å². The van der Waals surface area contributed by atoms with Crippen molar-refractivity contribution in [2.75, 3.05) is 39.3 Å². The summed E-state index contributed by atoms with van der Waals surface area (Å²) in [6.45, 7) is 9.41. The lowest BCUT2D eigenvalue weighted by atomic mass is 10.0. The number of aryl methyl sites for hydroxylation is 1. The predicted molar refractivity (Wildman–Crippen MR) is 291 cm³/mol. The number of guanidine groups is 2. The number of aliphatic imine (C=N–C) groups is 2. The van der Waals surface area contributed by atoms with Crippen molar-refractivity contribution in [2.45, 2.75) is 123 Å². The molecule has 1 aliphatic rings. The molecule has 1 aromatic heterocycles. The van der Waals surface area contributed by atoms with Gasteiger partial charge in [-0.25, -0.2) is 0 Å². The Labute approximate surface area is 443 Å².